The van der Waals surface area contributed by atoms with E-state index < -0.39 is 0 Å². The fourth-order valence-corrected chi connectivity index (χ4v) is 2.23. The first-order valence-electron chi connectivity index (χ1n) is 6.82. The third-order valence-electron chi connectivity index (χ3n) is 3.08. The van der Waals surface area contributed by atoms with Gasteiger partial charge in [-0.25, -0.2) is 0 Å². The predicted octanol–water partition coefficient (Wildman–Crippen LogP) is 2.65. The lowest BCUT2D eigenvalue weighted by molar-refractivity contribution is -0.141. The number of likely N-dealkylation sites (tertiary alicyclic amines) is 1. The molecule has 3 heteroatoms. The summed E-state index contributed by atoms with van der Waals surface area (Å²) in [5.74, 6) is 0. The monoisotopic (exact) mass is 229 g/mol. The van der Waals surface area contributed by atoms with E-state index in [-0.39, 0.29) is 6.29 Å². The molecule has 1 rings (SSSR count). The van der Waals surface area contributed by atoms with Crippen LogP contribution in [0.2, 0.25) is 0 Å². The van der Waals surface area contributed by atoms with Crippen molar-refractivity contribution >= 4 is 0 Å². The molecule has 16 heavy (non-hydrogen) atoms. The molecule has 0 aliphatic carbocycles. The zero-order chi connectivity index (χ0) is 11.6. The second-order valence-electron chi connectivity index (χ2n) is 4.38. The van der Waals surface area contributed by atoms with Crippen molar-refractivity contribution in [2.45, 2.75) is 52.2 Å². The molecule has 1 aliphatic heterocycles. The highest BCUT2D eigenvalue weighted by molar-refractivity contribution is 4.64. The topological polar surface area (TPSA) is 21.7 Å². The smallest absolute Gasteiger partial charge is 0.158 e. The Morgan fingerprint density at radius 3 is 2.00 bits per heavy atom. The number of hydrogen-bond acceptors (Lipinski definition) is 3. The summed E-state index contributed by atoms with van der Waals surface area (Å²) in [6, 6.07) is 0. The van der Waals surface area contributed by atoms with Crippen LogP contribution in [-0.4, -0.2) is 44.0 Å². The molecule has 0 atom stereocenters. The molecule has 0 saturated carbocycles. The van der Waals surface area contributed by atoms with Gasteiger partial charge in [0.2, 0.25) is 0 Å². The maximum atomic E-state index is 5.56. The first-order valence-corrected chi connectivity index (χ1v) is 6.82. The normalized spacial score (nSPS) is 18.9. The Bertz CT molecular complexity index is 148. The molecule has 0 aromatic heterocycles. The summed E-state index contributed by atoms with van der Waals surface area (Å²) in [7, 11) is 0. The lowest BCUT2D eigenvalue weighted by atomic mass is 10.2. The van der Waals surface area contributed by atoms with Gasteiger partial charge in [0.15, 0.2) is 6.29 Å². The molecule has 0 radical (unpaired) electrons. The molecule has 0 spiro atoms. The van der Waals surface area contributed by atoms with E-state index in [0.717, 1.165) is 26.2 Å². The minimum atomic E-state index is -0.00162. The molecule has 1 saturated heterocycles. The summed E-state index contributed by atoms with van der Waals surface area (Å²) in [5.41, 5.74) is 0. The molecule has 1 aliphatic rings. The fourth-order valence-electron chi connectivity index (χ4n) is 2.23. The van der Waals surface area contributed by atoms with Crippen molar-refractivity contribution in [3.05, 3.63) is 0 Å². The van der Waals surface area contributed by atoms with Crippen LogP contribution < -0.4 is 0 Å². The second-order valence-corrected chi connectivity index (χ2v) is 4.38. The molecule has 0 amide bonds. The minimum absolute atomic E-state index is 0.00162. The van der Waals surface area contributed by atoms with E-state index in [1.165, 1.54) is 38.8 Å². The van der Waals surface area contributed by atoms with E-state index in [1.807, 2.05) is 13.8 Å². The standard InChI is InChI=1S/C13H27NO2/c1-3-15-13(16-4-2)9-12-14-10-7-5-6-8-11-14/h13H,3-12H2,1-2H3. The number of nitrogens with zero attached hydrogens (tertiary/aromatic N) is 1. The Labute approximate surface area is 100 Å². The molecule has 3 nitrogen and oxygen atoms in total. The van der Waals surface area contributed by atoms with E-state index in [0.29, 0.717) is 0 Å². The van der Waals surface area contributed by atoms with Crippen molar-refractivity contribution in [1.29, 1.82) is 0 Å². The van der Waals surface area contributed by atoms with Crippen LogP contribution in [-0.2, 0) is 9.47 Å². The largest absolute Gasteiger partial charge is 0.353 e. The van der Waals surface area contributed by atoms with E-state index in [1.54, 1.807) is 0 Å². The second kappa shape index (κ2) is 8.97. The summed E-state index contributed by atoms with van der Waals surface area (Å²) in [4.78, 5) is 2.55. The van der Waals surface area contributed by atoms with Gasteiger partial charge in [0.1, 0.15) is 0 Å². The van der Waals surface area contributed by atoms with Crippen molar-refractivity contribution in [1.82, 2.24) is 4.90 Å². The molecule has 0 aromatic carbocycles. The number of hydrogen-bond donors (Lipinski definition) is 0. The summed E-state index contributed by atoms with van der Waals surface area (Å²) in [6.07, 6.45) is 6.51. The summed E-state index contributed by atoms with van der Waals surface area (Å²) < 4.78 is 11.1. The summed E-state index contributed by atoms with van der Waals surface area (Å²) in [6.45, 7) is 9.16. The van der Waals surface area contributed by atoms with Gasteiger partial charge in [0.25, 0.3) is 0 Å². The van der Waals surface area contributed by atoms with Crippen molar-refractivity contribution in [3.8, 4) is 0 Å². The zero-order valence-corrected chi connectivity index (χ0v) is 10.9. The SMILES string of the molecule is CCOC(CCN1CCCCCC1)OCC. The number of rotatable bonds is 7. The average molecular weight is 229 g/mol. The van der Waals surface area contributed by atoms with Gasteiger partial charge in [-0.15, -0.1) is 0 Å². The highest BCUT2D eigenvalue weighted by Gasteiger charge is 2.13. The first-order chi connectivity index (χ1) is 7.86. The minimum Gasteiger partial charge on any atom is -0.353 e. The maximum Gasteiger partial charge on any atom is 0.158 e. The van der Waals surface area contributed by atoms with Crippen LogP contribution in [0.3, 0.4) is 0 Å². The van der Waals surface area contributed by atoms with Crippen LogP contribution in [0.4, 0.5) is 0 Å². The Morgan fingerprint density at radius 1 is 0.938 bits per heavy atom. The van der Waals surface area contributed by atoms with Crippen LogP contribution in [0.15, 0.2) is 0 Å². The molecule has 96 valence electrons. The van der Waals surface area contributed by atoms with Crippen LogP contribution in [0.1, 0.15) is 46.0 Å². The predicted molar refractivity (Wildman–Crippen MR) is 66.6 cm³/mol. The van der Waals surface area contributed by atoms with Gasteiger partial charge < -0.3 is 14.4 Å². The van der Waals surface area contributed by atoms with Gasteiger partial charge in [0, 0.05) is 26.2 Å². The Kier molecular flexibility index (Phi) is 7.81. The fraction of sp³-hybridized carbons (Fsp3) is 1.00. The zero-order valence-electron chi connectivity index (χ0n) is 10.9. The van der Waals surface area contributed by atoms with Gasteiger partial charge in [-0.1, -0.05) is 12.8 Å². The van der Waals surface area contributed by atoms with Gasteiger partial charge in [-0.05, 0) is 39.8 Å². The highest BCUT2D eigenvalue weighted by Crippen LogP contribution is 2.11. The van der Waals surface area contributed by atoms with Crippen LogP contribution in [0.5, 0.6) is 0 Å². The lowest BCUT2D eigenvalue weighted by Gasteiger charge is -2.23. The highest BCUT2D eigenvalue weighted by atomic mass is 16.7. The summed E-state index contributed by atoms with van der Waals surface area (Å²) in [5, 5.41) is 0. The number of ether oxygens (including phenoxy) is 2. The van der Waals surface area contributed by atoms with E-state index in [9.17, 15) is 0 Å². The maximum absolute atomic E-state index is 5.56. The van der Waals surface area contributed by atoms with E-state index in [2.05, 4.69) is 4.90 Å². The Hall–Kier alpha value is -0.120. The van der Waals surface area contributed by atoms with Crippen molar-refractivity contribution < 1.29 is 9.47 Å². The quantitative estimate of drug-likeness (QED) is 0.626. The van der Waals surface area contributed by atoms with Crippen LogP contribution >= 0.6 is 0 Å². The van der Waals surface area contributed by atoms with Gasteiger partial charge in [-0.2, -0.15) is 0 Å². The third kappa shape index (κ3) is 5.83. The van der Waals surface area contributed by atoms with Crippen molar-refractivity contribution in [2.75, 3.05) is 32.8 Å². The van der Waals surface area contributed by atoms with Crippen molar-refractivity contribution in [3.63, 3.8) is 0 Å². The Morgan fingerprint density at radius 2 is 1.50 bits per heavy atom. The molecule has 1 heterocycles. The van der Waals surface area contributed by atoms with E-state index in [4.69, 9.17) is 9.47 Å². The van der Waals surface area contributed by atoms with Gasteiger partial charge in [-0.3, -0.25) is 0 Å². The molecular formula is C13H27NO2. The third-order valence-corrected chi connectivity index (χ3v) is 3.08. The lowest BCUT2D eigenvalue weighted by Crippen LogP contribution is -2.30. The molecule has 0 unspecified atom stereocenters. The van der Waals surface area contributed by atoms with Gasteiger partial charge in [0.05, 0.1) is 0 Å². The van der Waals surface area contributed by atoms with E-state index >= 15 is 0 Å². The molecule has 0 N–H and O–H groups in total. The molecule has 0 aromatic rings. The van der Waals surface area contributed by atoms with Crippen LogP contribution in [0, 0.1) is 0 Å². The molecule has 1 fully saturated rings. The van der Waals surface area contributed by atoms with Gasteiger partial charge >= 0.3 is 0 Å². The average Bonchev–Trinajstić information content (AvgIpc) is 2.55. The Balaban J connectivity index is 2.18. The first kappa shape index (κ1) is 13.9. The van der Waals surface area contributed by atoms with Crippen LogP contribution in [0.25, 0.3) is 0 Å². The molecule has 0 bridgehead atoms. The molecular weight excluding hydrogens is 202 g/mol. The summed E-state index contributed by atoms with van der Waals surface area (Å²) >= 11 is 0. The van der Waals surface area contributed by atoms with Crippen molar-refractivity contribution in [2.24, 2.45) is 0 Å².